The van der Waals surface area contributed by atoms with Crippen LogP contribution in [0.3, 0.4) is 0 Å². The molecule has 0 saturated carbocycles. The lowest BCUT2D eigenvalue weighted by atomic mass is 10.2. The van der Waals surface area contributed by atoms with Crippen molar-refractivity contribution in [2.75, 3.05) is 0 Å². The van der Waals surface area contributed by atoms with Crippen molar-refractivity contribution in [3.63, 3.8) is 0 Å². The van der Waals surface area contributed by atoms with E-state index >= 15 is 0 Å². The molecule has 0 fully saturated rings. The monoisotopic (exact) mass is 336 g/mol. The highest BCUT2D eigenvalue weighted by Crippen LogP contribution is 2.27. The van der Waals surface area contributed by atoms with E-state index in [0.717, 1.165) is 34.3 Å². The number of nitrogens with zero attached hydrogens (tertiary/aromatic N) is 4. The largest absolute Gasteiger partial charge is 0.319 e. The van der Waals surface area contributed by atoms with E-state index in [-0.39, 0.29) is 0 Å². The number of rotatable bonds is 5. The first kappa shape index (κ1) is 15.3. The Morgan fingerprint density at radius 1 is 1.04 bits per heavy atom. The third-order valence-corrected chi connectivity index (χ3v) is 4.94. The minimum Gasteiger partial charge on any atom is -0.319 e. The lowest BCUT2D eigenvalue weighted by molar-refractivity contribution is 0.505. The summed E-state index contributed by atoms with van der Waals surface area (Å²) in [5, 5.41) is 1.07. The quantitative estimate of drug-likeness (QED) is 0.498. The molecule has 0 radical (unpaired) electrons. The zero-order valence-electron chi connectivity index (χ0n) is 13.9. The summed E-state index contributed by atoms with van der Waals surface area (Å²) in [5.74, 6) is 1.40. The van der Waals surface area contributed by atoms with Gasteiger partial charge < -0.3 is 8.97 Å². The van der Waals surface area contributed by atoms with E-state index in [1.54, 1.807) is 11.8 Å². The van der Waals surface area contributed by atoms with Crippen molar-refractivity contribution in [3.05, 3.63) is 60.6 Å². The Balaban J connectivity index is 1.63. The van der Waals surface area contributed by atoms with E-state index in [4.69, 9.17) is 4.98 Å². The summed E-state index contributed by atoms with van der Waals surface area (Å²) >= 11 is 1.76. The Hall–Kier alpha value is -2.27. The average molecular weight is 336 g/mol. The zero-order chi connectivity index (χ0) is 16.5. The maximum Gasteiger partial charge on any atom is 0.169 e. The highest BCUT2D eigenvalue weighted by atomic mass is 32.2. The predicted octanol–water partition coefficient (Wildman–Crippen LogP) is 4.63. The molecule has 0 bridgehead atoms. The fourth-order valence-electron chi connectivity index (χ4n) is 2.90. The molecule has 0 aliphatic carbocycles. The van der Waals surface area contributed by atoms with Gasteiger partial charge in [0.05, 0.1) is 16.7 Å². The molecule has 0 aliphatic heterocycles. The second-order valence-electron chi connectivity index (χ2n) is 6.37. The van der Waals surface area contributed by atoms with Gasteiger partial charge in [-0.2, -0.15) is 0 Å². The summed E-state index contributed by atoms with van der Waals surface area (Å²) in [5.41, 5.74) is 4.34. The Morgan fingerprint density at radius 3 is 2.71 bits per heavy atom. The van der Waals surface area contributed by atoms with Crippen LogP contribution in [0.1, 0.15) is 19.5 Å². The van der Waals surface area contributed by atoms with Gasteiger partial charge in [-0.25, -0.2) is 9.97 Å². The normalized spacial score (nSPS) is 11.8. The molecule has 0 aliphatic rings. The fraction of sp³-hybridized carbons (Fsp3) is 0.263. The third kappa shape index (κ3) is 2.91. The van der Waals surface area contributed by atoms with Crippen molar-refractivity contribution >= 4 is 28.4 Å². The molecule has 4 nitrogen and oxygen atoms in total. The SMILES string of the molecule is CC(C)Cn1c(SCc2cn3ccccc3n2)nc2ccccc21. The second-order valence-corrected chi connectivity index (χ2v) is 7.32. The summed E-state index contributed by atoms with van der Waals surface area (Å²) in [4.78, 5) is 9.50. The number of hydrogen-bond acceptors (Lipinski definition) is 3. The number of fused-ring (bicyclic) bond motifs is 2. The van der Waals surface area contributed by atoms with Crippen LogP contribution in [0.5, 0.6) is 0 Å². The van der Waals surface area contributed by atoms with Gasteiger partial charge in [0, 0.05) is 24.7 Å². The van der Waals surface area contributed by atoms with Crippen molar-refractivity contribution in [1.82, 2.24) is 18.9 Å². The molecule has 0 spiro atoms. The number of aromatic nitrogens is 4. The van der Waals surface area contributed by atoms with E-state index in [2.05, 4.69) is 52.2 Å². The summed E-state index contributed by atoms with van der Waals surface area (Å²) in [7, 11) is 0. The van der Waals surface area contributed by atoms with Gasteiger partial charge >= 0.3 is 0 Å². The molecule has 3 aromatic heterocycles. The Kier molecular flexibility index (Phi) is 4.02. The second kappa shape index (κ2) is 6.32. The van der Waals surface area contributed by atoms with Gasteiger partial charge in [0.2, 0.25) is 0 Å². The number of thioether (sulfide) groups is 1. The molecule has 5 heteroatoms. The molecule has 1 aromatic carbocycles. The lowest BCUT2D eigenvalue weighted by Gasteiger charge is -2.10. The number of hydrogen-bond donors (Lipinski definition) is 0. The van der Waals surface area contributed by atoms with Gasteiger partial charge in [0.15, 0.2) is 5.16 Å². The first-order valence-electron chi connectivity index (χ1n) is 8.21. The van der Waals surface area contributed by atoms with Crippen LogP contribution in [-0.2, 0) is 12.3 Å². The summed E-state index contributed by atoms with van der Waals surface area (Å²) in [6, 6.07) is 14.4. The summed E-state index contributed by atoms with van der Waals surface area (Å²) in [6.45, 7) is 5.46. The van der Waals surface area contributed by atoms with Crippen LogP contribution in [0, 0.1) is 5.92 Å². The van der Waals surface area contributed by atoms with Crippen molar-refractivity contribution in [2.24, 2.45) is 5.92 Å². The molecule has 0 unspecified atom stereocenters. The van der Waals surface area contributed by atoms with Gasteiger partial charge in [0.25, 0.3) is 0 Å². The molecule has 0 saturated heterocycles. The lowest BCUT2D eigenvalue weighted by Crippen LogP contribution is -2.05. The molecule has 0 N–H and O–H groups in total. The van der Waals surface area contributed by atoms with Crippen molar-refractivity contribution < 1.29 is 0 Å². The molecular formula is C19H20N4S. The molecule has 0 amide bonds. The van der Waals surface area contributed by atoms with Crippen LogP contribution < -0.4 is 0 Å². The van der Waals surface area contributed by atoms with Crippen LogP contribution in [0.15, 0.2) is 60.0 Å². The number of imidazole rings is 2. The molecule has 0 atom stereocenters. The number of pyridine rings is 1. The maximum absolute atomic E-state index is 4.83. The van der Waals surface area contributed by atoms with Crippen molar-refractivity contribution in [1.29, 1.82) is 0 Å². The van der Waals surface area contributed by atoms with Crippen molar-refractivity contribution in [2.45, 2.75) is 31.3 Å². The summed E-state index contributed by atoms with van der Waals surface area (Å²) < 4.78 is 4.40. The topological polar surface area (TPSA) is 35.1 Å². The first-order valence-corrected chi connectivity index (χ1v) is 9.20. The third-order valence-electron chi connectivity index (χ3n) is 3.93. The van der Waals surface area contributed by atoms with Crippen LogP contribution in [-0.4, -0.2) is 18.9 Å². The highest BCUT2D eigenvalue weighted by molar-refractivity contribution is 7.98. The minimum atomic E-state index is 0.581. The van der Waals surface area contributed by atoms with Crippen molar-refractivity contribution in [3.8, 4) is 0 Å². The van der Waals surface area contributed by atoms with Crippen LogP contribution in [0.2, 0.25) is 0 Å². The molecular weight excluding hydrogens is 316 g/mol. The predicted molar refractivity (Wildman–Crippen MR) is 99.3 cm³/mol. The van der Waals surface area contributed by atoms with E-state index in [9.17, 15) is 0 Å². The smallest absolute Gasteiger partial charge is 0.169 e. The Morgan fingerprint density at radius 2 is 1.88 bits per heavy atom. The van der Waals surface area contributed by atoms with Crippen LogP contribution in [0.25, 0.3) is 16.7 Å². The van der Waals surface area contributed by atoms with E-state index < -0.39 is 0 Å². The maximum atomic E-state index is 4.83. The molecule has 4 aromatic rings. The minimum absolute atomic E-state index is 0.581. The Labute approximate surface area is 145 Å². The zero-order valence-corrected chi connectivity index (χ0v) is 14.7. The highest BCUT2D eigenvalue weighted by Gasteiger charge is 2.13. The molecule has 4 rings (SSSR count). The van der Waals surface area contributed by atoms with Gasteiger partial charge in [-0.15, -0.1) is 0 Å². The fourth-order valence-corrected chi connectivity index (χ4v) is 3.81. The summed E-state index contributed by atoms with van der Waals surface area (Å²) in [6.07, 6.45) is 4.13. The van der Waals surface area contributed by atoms with Crippen LogP contribution in [0.4, 0.5) is 0 Å². The van der Waals surface area contributed by atoms with Gasteiger partial charge in [-0.05, 0) is 30.2 Å². The van der Waals surface area contributed by atoms with E-state index in [0.29, 0.717) is 5.92 Å². The molecule has 3 heterocycles. The van der Waals surface area contributed by atoms with E-state index in [1.165, 1.54) is 5.52 Å². The van der Waals surface area contributed by atoms with E-state index in [1.807, 2.05) is 30.5 Å². The first-order chi connectivity index (χ1) is 11.7. The Bertz CT molecular complexity index is 950. The van der Waals surface area contributed by atoms with Crippen LogP contribution >= 0.6 is 11.8 Å². The van der Waals surface area contributed by atoms with Gasteiger partial charge in [0.1, 0.15) is 5.65 Å². The average Bonchev–Trinajstić information content (AvgIpc) is 3.14. The molecule has 122 valence electrons. The standard InChI is InChI=1S/C19H20N4S/c1-14(2)11-23-17-8-4-3-7-16(17)21-19(23)24-13-15-12-22-10-6-5-9-18(22)20-15/h3-10,12,14H,11,13H2,1-2H3. The van der Waals surface area contributed by atoms with Gasteiger partial charge in [-0.3, -0.25) is 0 Å². The number of para-hydroxylation sites is 2. The number of benzene rings is 1. The molecule has 24 heavy (non-hydrogen) atoms. The van der Waals surface area contributed by atoms with Gasteiger partial charge in [-0.1, -0.05) is 43.8 Å².